The molecule has 2 aromatic heterocycles. The van der Waals surface area contributed by atoms with Gasteiger partial charge in [0.25, 0.3) is 5.69 Å². The van der Waals surface area contributed by atoms with E-state index in [0.717, 1.165) is 5.56 Å². The third kappa shape index (κ3) is 2.75. The summed E-state index contributed by atoms with van der Waals surface area (Å²) in [7, 11) is 0. The smallest absolute Gasteiger partial charge is 0.274 e. The first kappa shape index (κ1) is 11.0. The summed E-state index contributed by atoms with van der Waals surface area (Å²) in [5.74, 6) is 0.151. The molecule has 0 aliphatic rings. The first-order valence-electron chi connectivity index (χ1n) is 4.95. The molecular weight excluding hydrogens is 220 g/mol. The van der Waals surface area contributed by atoms with E-state index in [1.807, 2.05) is 6.07 Å². The molecule has 2 aromatic rings. The van der Waals surface area contributed by atoms with Crippen molar-refractivity contribution in [3.8, 4) is 0 Å². The van der Waals surface area contributed by atoms with Gasteiger partial charge in [-0.3, -0.25) is 15.1 Å². The first-order chi connectivity index (χ1) is 8.15. The summed E-state index contributed by atoms with van der Waals surface area (Å²) >= 11 is 0. The summed E-state index contributed by atoms with van der Waals surface area (Å²) in [4.78, 5) is 18.2. The Morgan fingerprint density at radius 2 is 2.24 bits per heavy atom. The number of anilines is 1. The van der Waals surface area contributed by atoms with E-state index in [1.54, 1.807) is 18.5 Å². The zero-order valence-corrected chi connectivity index (χ0v) is 8.91. The molecule has 0 atom stereocenters. The Labute approximate surface area is 97.3 Å². The second kappa shape index (κ2) is 4.56. The fourth-order valence-corrected chi connectivity index (χ4v) is 1.50. The fourth-order valence-electron chi connectivity index (χ4n) is 1.50. The number of nitrogens with two attached hydrogens (primary N) is 1. The molecule has 0 aromatic carbocycles. The van der Waals surface area contributed by atoms with Gasteiger partial charge < -0.3 is 5.73 Å². The molecule has 0 radical (unpaired) electrons. The van der Waals surface area contributed by atoms with Crippen molar-refractivity contribution in [2.45, 2.75) is 6.42 Å². The lowest BCUT2D eigenvalue weighted by Gasteiger charge is -2.02. The monoisotopic (exact) mass is 230 g/mol. The molecule has 0 saturated carbocycles. The van der Waals surface area contributed by atoms with Gasteiger partial charge in [0, 0.05) is 24.9 Å². The van der Waals surface area contributed by atoms with Crippen molar-refractivity contribution < 1.29 is 4.92 Å². The fraction of sp³-hybridized carbons (Fsp3) is 0.0909. The minimum absolute atomic E-state index is 0.0450. The Hall–Kier alpha value is -2.50. The molecule has 0 aliphatic carbocycles. The Balaban J connectivity index is 2.30. The zero-order valence-electron chi connectivity index (χ0n) is 8.91. The number of nitrogen functional groups attached to an aromatic ring is 1. The van der Waals surface area contributed by atoms with E-state index >= 15 is 0 Å². The van der Waals surface area contributed by atoms with Crippen LogP contribution in [0.4, 0.5) is 11.5 Å². The number of nitrogens with zero attached hydrogens (tertiary/aromatic N) is 3. The molecule has 2 N–H and O–H groups in total. The molecule has 0 unspecified atom stereocenters. The molecule has 86 valence electrons. The van der Waals surface area contributed by atoms with E-state index in [-0.39, 0.29) is 11.5 Å². The van der Waals surface area contributed by atoms with Crippen molar-refractivity contribution in [1.82, 2.24) is 9.97 Å². The van der Waals surface area contributed by atoms with Crippen LogP contribution < -0.4 is 5.73 Å². The molecule has 0 saturated heterocycles. The molecule has 17 heavy (non-hydrogen) atoms. The van der Waals surface area contributed by atoms with Gasteiger partial charge in [-0.1, -0.05) is 6.07 Å². The van der Waals surface area contributed by atoms with E-state index < -0.39 is 4.92 Å². The van der Waals surface area contributed by atoms with Crippen LogP contribution in [0.25, 0.3) is 0 Å². The van der Waals surface area contributed by atoms with Gasteiger partial charge in [-0.05, 0) is 11.6 Å². The lowest BCUT2D eigenvalue weighted by atomic mass is 10.1. The third-order valence-electron chi connectivity index (χ3n) is 2.20. The maximum Gasteiger partial charge on any atom is 0.274 e. The highest BCUT2D eigenvalue weighted by atomic mass is 16.6. The highest BCUT2D eigenvalue weighted by Gasteiger charge is 2.10. The Kier molecular flexibility index (Phi) is 2.95. The number of rotatable bonds is 3. The lowest BCUT2D eigenvalue weighted by Crippen LogP contribution is -2.00. The van der Waals surface area contributed by atoms with E-state index in [4.69, 9.17) is 5.73 Å². The molecule has 0 amide bonds. The van der Waals surface area contributed by atoms with E-state index in [0.29, 0.717) is 12.1 Å². The van der Waals surface area contributed by atoms with Crippen molar-refractivity contribution in [3.63, 3.8) is 0 Å². The molecule has 0 fully saturated rings. The normalized spacial score (nSPS) is 10.1. The maximum absolute atomic E-state index is 10.7. The highest BCUT2D eigenvalue weighted by Crippen LogP contribution is 2.17. The van der Waals surface area contributed by atoms with Crippen molar-refractivity contribution >= 4 is 11.5 Å². The van der Waals surface area contributed by atoms with Gasteiger partial charge >= 0.3 is 0 Å². The quantitative estimate of drug-likeness (QED) is 0.637. The Morgan fingerprint density at radius 1 is 1.41 bits per heavy atom. The SMILES string of the molecule is Nc1cc([N+](=O)[O-])cc(Cc2cccnc2)n1. The minimum Gasteiger partial charge on any atom is -0.383 e. The van der Waals surface area contributed by atoms with Gasteiger partial charge in [-0.15, -0.1) is 0 Å². The molecule has 6 heteroatoms. The first-order valence-corrected chi connectivity index (χ1v) is 4.95. The van der Waals surface area contributed by atoms with Crippen LogP contribution in [0.1, 0.15) is 11.3 Å². The number of aromatic nitrogens is 2. The molecule has 0 bridgehead atoms. The Bertz CT molecular complexity index is 542. The Morgan fingerprint density at radius 3 is 2.88 bits per heavy atom. The maximum atomic E-state index is 10.7. The number of hydrogen-bond acceptors (Lipinski definition) is 5. The van der Waals surface area contributed by atoms with Gasteiger partial charge in [-0.25, -0.2) is 4.98 Å². The van der Waals surface area contributed by atoms with Gasteiger partial charge in [0.2, 0.25) is 0 Å². The van der Waals surface area contributed by atoms with Crippen LogP contribution in [-0.2, 0) is 6.42 Å². The van der Waals surface area contributed by atoms with Gasteiger partial charge in [0.05, 0.1) is 16.7 Å². The second-order valence-electron chi connectivity index (χ2n) is 3.54. The number of pyridine rings is 2. The summed E-state index contributed by atoms with van der Waals surface area (Å²) in [6, 6.07) is 6.34. The molecule has 0 aliphatic heterocycles. The lowest BCUT2D eigenvalue weighted by molar-refractivity contribution is -0.384. The number of hydrogen-bond donors (Lipinski definition) is 1. The predicted molar refractivity (Wildman–Crippen MR) is 62.3 cm³/mol. The molecule has 2 rings (SSSR count). The minimum atomic E-state index is -0.481. The van der Waals surface area contributed by atoms with Crippen LogP contribution in [0, 0.1) is 10.1 Å². The van der Waals surface area contributed by atoms with Crippen molar-refractivity contribution in [2.24, 2.45) is 0 Å². The molecule has 0 spiro atoms. The van der Waals surface area contributed by atoms with Gasteiger partial charge in [0.15, 0.2) is 0 Å². The van der Waals surface area contributed by atoms with Crippen LogP contribution in [0.3, 0.4) is 0 Å². The van der Waals surface area contributed by atoms with Crippen LogP contribution in [0.2, 0.25) is 0 Å². The second-order valence-corrected chi connectivity index (χ2v) is 3.54. The summed E-state index contributed by atoms with van der Waals surface area (Å²) in [5.41, 5.74) is 6.97. The number of nitro groups is 1. The van der Waals surface area contributed by atoms with Crippen molar-refractivity contribution in [3.05, 3.63) is 58.0 Å². The third-order valence-corrected chi connectivity index (χ3v) is 2.20. The van der Waals surface area contributed by atoms with Crippen LogP contribution in [-0.4, -0.2) is 14.9 Å². The molecule has 6 nitrogen and oxygen atoms in total. The summed E-state index contributed by atoms with van der Waals surface area (Å²) in [5, 5.41) is 10.7. The molecule has 2 heterocycles. The average Bonchev–Trinajstić information content (AvgIpc) is 2.29. The van der Waals surface area contributed by atoms with Crippen molar-refractivity contribution in [2.75, 3.05) is 5.73 Å². The van der Waals surface area contributed by atoms with Crippen LogP contribution >= 0.6 is 0 Å². The van der Waals surface area contributed by atoms with Crippen LogP contribution in [0.5, 0.6) is 0 Å². The van der Waals surface area contributed by atoms with Gasteiger partial charge in [0.1, 0.15) is 5.82 Å². The predicted octanol–water partition coefficient (Wildman–Crippen LogP) is 1.56. The van der Waals surface area contributed by atoms with E-state index in [2.05, 4.69) is 9.97 Å². The highest BCUT2D eigenvalue weighted by molar-refractivity contribution is 5.44. The average molecular weight is 230 g/mol. The zero-order chi connectivity index (χ0) is 12.3. The topological polar surface area (TPSA) is 94.9 Å². The van der Waals surface area contributed by atoms with E-state index in [9.17, 15) is 10.1 Å². The largest absolute Gasteiger partial charge is 0.383 e. The van der Waals surface area contributed by atoms with Crippen LogP contribution in [0.15, 0.2) is 36.7 Å². The summed E-state index contributed by atoms with van der Waals surface area (Å²) in [6.45, 7) is 0. The van der Waals surface area contributed by atoms with Gasteiger partial charge in [-0.2, -0.15) is 0 Å². The summed E-state index contributed by atoms with van der Waals surface area (Å²) in [6.07, 6.45) is 3.83. The molecular formula is C11H10N4O2. The van der Waals surface area contributed by atoms with Crippen molar-refractivity contribution in [1.29, 1.82) is 0 Å². The summed E-state index contributed by atoms with van der Waals surface area (Å²) < 4.78 is 0. The van der Waals surface area contributed by atoms with E-state index in [1.165, 1.54) is 12.1 Å². The standard InChI is InChI=1S/C11H10N4O2/c12-11-6-10(15(16)17)5-9(14-11)4-8-2-1-3-13-7-8/h1-3,5-7H,4H2,(H2,12,14).